The predicted molar refractivity (Wildman–Crippen MR) is 110 cm³/mol. The molecule has 0 radical (unpaired) electrons. The van der Waals surface area contributed by atoms with Crippen LogP contribution in [-0.4, -0.2) is 29.6 Å². The molecule has 0 aliphatic carbocycles. The van der Waals surface area contributed by atoms with E-state index in [-0.39, 0.29) is 5.97 Å². The molecule has 6 heteroatoms. The fourth-order valence-electron chi connectivity index (χ4n) is 3.34. The summed E-state index contributed by atoms with van der Waals surface area (Å²) in [7, 11) is 1.37. The van der Waals surface area contributed by atoms with E-state index in [0.29, 0.717) is 11.3 Å². The van der Waals surface area contributed by atoms with E-state index < -0.39 is 0 Å². The highest BCUT2D eigenvalue weighted by molar-refractivity contribution is 5.90. The van der Waals surface area contributed by atoms with Crippen LogP contribution in [0.5, 0.6) is 0 Å². The molecule has 0 atom stereocenters. The van der Waals surface area contributed by atoms with Crippen LogP contribution in [0.15, 0.2) is 67.6 Å². The molecule has 0 amide bonds. The van der Waals surface area contributed by atoms with Gasteiger partial charge in [0.2, 0.25) is 0 Å². The van der Waals surface area contributed by atoms with Crippen molar-refractivity contribution in [3.8, 4) is 0 Å². The first kappa shape index (κ1) is 17.7. The molecule has 2 aromatic carbocycles. The molecular weight excluding hydrogens is 352 g/mol. The van der Waals surface area contributed by atoms with Gasteiger partial charge in [-0.3, -0.25) is 0 Å². The van der Waals surface area contributed by atoms with Crippen molar-refractivity contribution in [3.05, 3.63) is 84.3 Å². The Bertz CT molecular complexity index is 1030. The number of carbonyl (C=O) groups is 1. The van der Waals surface area contributed by atoms with Crippen LogP contribution in [0.2, 0.25) is 0 Å². The van der Waals surface area contributed by atoms with Gasteiger partial charge in [0.1, 0.15) is 12.0 Å². The first-order valence-electron chi connectivity index (χ1n) is 8.97. The van der Waals surface area contributed by atoms with Crippen molar-refractivity contribution in [2.24, 2.45) is 0 Å². The van der Waals surface area contributed by atoms with Crippen molar-refractivity contribution in [1.29, 1.82) is 0 Å². The van der Waals surface area contributed by atoms with Crippen molar-refractivity contribution in [2.75, 3.05) is 23.9 Å². The predicted octanol–water partition coefficient (Wildman–Crippen LogP) is 4.04. The van der Waals surface area contributed by atoms with E-state index in [0.717, 1.165) is 35.7 Å². The van der Waals surface area contributed by atoms with Gasteiger partial charge >= 0.3 is 5.97 Å². The summed E-state index contributed by atoms with van der Waals surface area (Å²) in [6.07, 6.45) is 4.28. The van der Waals surface area contributed by atoms with Crippen LogP contribution in [0.25, 0.3) is 5.70 Å². The Kier molecular flexibility index (Phi) is 4.76. The van der Waals surface area contributed by atoms with E-state index in [4.69, 9.17) is 4.74 Å². The zero-order chi connectivity index (χ0) is 19.5. The van der Waals surface area contributed by atoms with Crippen LogP contribution >= 0.6 is 0 Å². The fraction of sp³-hybridized carbons (Fsp3) is 0.136. The Labute approximate surface area is 163 Å². The summed E-state index contributed by atoms with van der Waals surface area (Å²) >= 11 is 0. The van der Waals surface area contributed by atoms with Gasteiger partial charge in [0, 0.05) is 17.9 Å². The molecule has 0 saturated carbocycles. The van der Waals surface area contributed by atoms with E-state index >= 15 is 0 Å². The molecule has 2 heterocycles. The van der Waals surface area contributed by atoms with Gasteiger partial charge in [-0.05, 0) is 35.7 Å². The zero-order valence-corrected chi connectivity index (χ0v) is 15.6. The minimum atomic E-state index is -0.364. The van der Waals surface area contributed by atoms with E-state index in [1.807, 2.05) is 18.2 Å². The van der Waals surface area contributed by atoms with Gasteiger partial charge in [-0.2, -0.15) is 0 Å². The summed E-state index contributed by atoms with van der Waals surface area (Å²) in [5, 5.41) is 3.32. The van der Waals surface area contributed by atoms with E-state index in [1.54, 1.807) is 24.7 Å². The van der Waals surface area contributed by atoms with Gasteiger partial charge in [-0.25, -0.2) is 14.8 Å². The zero-order valence-electron chi connectivity index (χ0n) is 15.6. The minimum Gasteiger partial charge on any atom is -0.465 e. The van der Waals surface area contributed by atoms with Crippen LogP contribution in [0.4, 0.5) is 17.2 Å². The summed E-state index contributed by atoms with van der Waals surface area (Å²) in [5.41, 5.74) is 5.31. The average Bonchev–Trinajstić information content (AvgIpc) is 3.17. The molecule has 28 heavy (non-hydrogen) atoms. The second-order valence-electron chi connectivity index (χ2n) is 6.46. The van der Waals surface area contributed by atoms with Crippen LogP contribution in [0.3, 0.4) is 0 Å². The normalized spacial score (nSPS) is 12.4. The van der Waals surface area contributed by atoms with Gasteiger partial charge in [-0.15, -0.1) is 0 Å². The highest BCUT2D eigenvalue weighted by Gasteiger charge is 2.23. The maximum Gasteiger partial charge on any atom is 0.337 e. The number of nitrogens with one attached hydrogen (secondary N) is 1. The van der Waals surface area contributed by atoms with Crippen LogP contribution < -0.4 is 10.2 Å². The quantitative estimate of drug-likeness (QED) is 0.682. The number of methoxy groups -OCH3 is 1. The summed E-state index contributed by atoms with van der Waals surface area (Å²) in [6, 6.07) is 15.4. The lowest BCUT2D eigenvalue weighted by Crippen LogP contribution is -2.17. The highest BCUT2D eigenvalue weighted by Crippen LogP contribution is 2.37. The first-order chi connectivity index (χ1) is 13.7. The number of benzene rings is 2. The average molecular weight is 372 g/mol. The summed E-state index contributed by atoms with van der Waals surface area (Å²) in [5.74, 6) is 0.448. The summed E-state index contributed by atoms with van der Waals surface area (Å²) in [6.45, 7) is 4.99. The number of rotatable bonds is 5. The van der Waals surface area contributed by atoms with E-state index in [9.17, 15) is 4.79 Å². The highest BCUT2D eigenvalue weighted by atomic mass is 16.5. The Balaban J connectivity index is 1.58. The number of hydrogen-bond acceptors (Lipinski definition) is 6. The second kappa shape index (κ2) is 7.52. The smallest absolute Gasteiger partial charge is 0.337 e. The lowest BCUT2D eigenvalue weighted by Gasteiger charge is -2.22. The van der Waals surface area contributed by atoms with Crippen LogP contribution in [-0.2, 0) is 11.2 Å². The van der Waals surface area contributed by atoms with Crippen molar-refractivity contribution in [3.63, 3.8) is 0 Å². The SMILES string of the molecule is C=C(Nc1cncnc1N1CCc2ccccc21)c1ccc(C(=O)OC)cc1. The minimum absolute atomic E-state index is 0.364. The van der Waals surface area contributed by atoms with Crippen molar-refractivity contribution >= 4 is 28.9 Å². The van der Waals surface area contributed by atoms with Crippen molar-refractivity contribution < 1.29 is 9.53 Å². The maximum absolute atomic E-state index is 11.6. The van der Waals surface area contributed by atoms with Crippen LogP contribution in [0.1, 0.15) is 21.5 Å². The number of carbonyl (C=O) groups excluding carboxylic acids is 1. The Morgan fingerprint density at radius 3 is 2.68 bits per heavy atom. The maximum atomic E-state index is 11.6. The molecule has 0 bridgehead atoms. The third-order valence-electron chi connectivity index (χ3n) is 4.77. The van der Waals surface area contributed by atoms with Crippen molar-refractivity contribution in [2.45, 2.75) is 6.42 Å². The Morgan fingerprint density at radius 2 is 1.89 bits per heavy atom. The lowest BCUT2D eigenvalue weighted by molar-refractivity contribution is 0.0600. The molecule has 0 unspecified atom stereocenters. The molecule has 6 nitrogen and oxygen atoms in total. The molecule has 3 aromatic rings. The summed E-state index contributed by atoms with van der Waals surface area (Å²) < 4.78 is 4.73. The number of hydrogen-bond donors (Lipinski definition) is 1. The number of esters is 1. The van der Waals surface area contributed by atoms with Gasteiger partial charge in [0.25, 0.3) is 0 Å². The van der Waals surface area contributed by atoms with Gasteiger partial charge in [0.15, 0.2) is 5.82 Å². The monoisotopic (exact) mass is 372 g/mol. The molecule has 0 saturated heterocycles. The number of para-hydroxylation sites is 1. The number of anilines is 3. The summed E-state index contributed by atoms with van der Waals surface area (Å²) in [4.78, 5) is 22.5. The Hall–Kier alpha value is -3.67. The number of aromatic nitrogens is 2. The van der Waals surface area contributed by atoms with E-state index in [1.165, 1.54) is 12.7 Å². The number of nitrogens with zero attached hydrogens (tertiary/aromatic N) is 3. The van der Waals surface area contributed by atoms with Gasteiger partial charge in [0.05, 0.1) is 18.9 Å². The third kappa shape index (κ3) is 3.32. The molecule has 0 spiro atoms. The molecule has 1 aromatic heterocycles. The number of ether oxygens (including phenoxy) is 1. The molecule has 140 valence electrons. The molecule has 0 fully saturated rings. The molecule has 1 aliphatic rings. The Morgan fingerprint density at radius 1 is 1.14 bits per heavy atom. The largest absolute Gasteiger partial charge is 0.465 e. The van der Waals surface area contributed by atoms with Crippen molar-refractivity contribution in [1.82, 2.24) is 9.97 Å². The lowest BCUT2D eigenvalue weighted by atomic mass is 10.1. The van der Waals surface area contributed by atoms with E-state index in [2.05, 4.69) is 45.0 Å². The molecular formula is C22H20N4O2. The fourth-order valence-corrected chi connectivity index (χ4v) is 3.34. The number of fused-ring (bicyclic) bond motifs is 1. The van der Waals surface area contributed by atoms with Crippen LogP contribution in [0, 0.1) is 0 Å². The first-order valence-corrected chi connectivity index (χ1v) is 8.97. The molecule has 4 rings (SSSR count). The molecule has 1 aliphatic heterocycles. The third-order valence-corrected chi connectivity index (χ3v) is 4.77. The molecule has 1 N–H and O–H groups in total. The standard InChI is InChI=1S/C22H20N4O2/c1-15(16-7-9-18(10-8-16)22(27)28-2)25-19-13-23-14-24-21(19)26-12-11-17-5-3-4-6-20(17)26/h3-10,13-14,25H,1,11-12H2,2H3. The second-order valence-corrected chi connectivity index (χ2v) is 6.46. The topological polar surface area (TPSA) is 67.4 Å². The van der Waals surface area contributed by atoms with Gasteiger partial charge in [-0.1, -0.05) is 36.9 Å². The van der Waals surface area contributed by atoms with Gasteiger partial charge < -0.3 is 15.0 Å².